The minimum Gasteiger partial charge on any atom is -0.489 e. The van der Waals surface area contributed by atoms with E-state index in [0.29, 0.717) is 41.3 Å². The van der Waals surface area contributed by atoms with Gasteiger partial charge in [0.1, 0.15) is 18.2 Å². The SMILES string of the molecule is CS(=O)(=O)N(Cc1cccc(C(=O)O[C@@H](Cc2c(Cl)cncc2Cl)c2ccc(OC(F)F)c(OCC3CC3)c2)c1)C(C(=O)O[C@H]1CN2CCC1CC2)c1ccccc1. The lowest BCUT2D eigenvalue weighted by Crippen LogP contribution is -2.52. The van der Waals surface area contributed by atoms with E-state index < -0.39 is 40.7 Å². The van der Waals surface area contributed by atoms with Gasteiger partial charge < -0.3 is 18.9 Å². The van der Waals surface area contributed by atoms with Crippen LogP contribution in [0.5, 0.6) is 11.5 Å². The van der Waals surface area contributed by atoms with E-state index in [1.54, 1.807) is 42.5 Å². The maximum Gasteiger partial charge on any atom is 0.387 e. The maximum atomic E-state index is 14.1. The molecule has 16 heteroatoms. The molecule has 0 radical (unpaired) electrons. The van der Waals surface area contributed by atoms with Crippen LogP contribution in [0.4, 0.5) is 8.78 Å². The highest BCUT2D eigenvalue weighted by Crippen LogP contribution is 2.39. The van der Waals surface area contributed by atoms with E-state index >= 15 is 0 Å². The summed E-state index contributed by atoms with van der Waals surface area (Å²) in [7, 11) is -4.05. The average Bonchev–Trinajstić information content (AvgIpc) is 4.03. The van der Waals surface area contributed by atoms with Crippen molar-refractivity contribution in [2.45, 2.75) is 63.5 Å². The molecule has 1 saturated carbocycles. The zero-order valence-corrected chi connectivity index (χ0v) is 34.0. The number of aromatic nitrogens is 1. The first kappa shape index (κ1) is 41.8. The Kier molecular flexibility index (Phi) is 13.2. The van der Waals surface area contributed by atoms with Gasteiger partial charge in [0.2, 0.25) is 10.0 Å². The zero-order chi connectivity index (χ0) is 41.0. The lowest BCUT2D eigenvalue weighted by molar-refractivity contribution is -0.163. The standard InChI is InChI=1S/C42H43Cl2F2N3O8S/c1-58(52,53)49(39(29-7-3-2-4-8-29)41(51)56-38-24-48-16-14-28(38)15-17-48)23-27-6-5-9-31(18-27)40(50)55-36(20-32-33(43)21-47-22-34(32)44)30-12-13-35(57-42(45)46)37(19-30)54-25-26-10-11-26/h2-9,12-13,18-19,21-22,26,28,36,38-39,42H,10-11,14-17,20,23-25H2,1H3/t36-,38-,39?/m0/s1. The number of carbonyl (C=O) groups is 2. The molecular weight excluding hydrogens is 815 g/mol. The Hall–Kier alpha value is -4.34. The van der Waals surface area contributed by atoms with Crippen molar-refractivity contribution in [3.63, 3.8) is 0 Å². The van der Waals surface area contributed by atoms with Crippen molar-refractivity contribution in [2.24, 2.45) is 11.8 Å². The van der Waals surface area contributed by atoms with Crippen LogP contribution in [0.1, 0.15) is 70.4 Å². The molecule has 3 atom stereocenters. The Bertz CT molecular complexity index is 2190. The smallest absolute Gasteiger partial charge is 0.387 e. The Morgan fingerprint density at radius 1 is 0.914 bits per heavy atom. The molecule has 4 aromatic rings. The Morgan fingerprint density at radius 3 is 2.28 bits per heavy atom. The average molecular weight is 859 g/mol. The van der Waals surface area contributed by atoms with E-state index in [4.69, 9.17) is 42.1 Å². The van der Waals surface area contributed by atoms with Gasteiger partial charge in [-0.1, -0.05) is 71.7 Å². The van der Waals surface area contributed by atoms with Crippen LogP contribution in [0.2, 0.25) is 10.0 Å². The van der Waals surface area contributed by atoms with E-state index in [-0.39, 0.29) is 52.1 Å². The van der Waals surface area contributed by atoms with Crippen molar-refractivity contribution < 1.29 is 45.7 Å². The van der Waals surface area contributed by atoms with Crippen molar-refractivity contribution >= 4 is 45.2 Å². The molecule has 2 bridgehead atoms. The van der Waals surface area contributed by atoms with Crippen molar-refractivity contribution in [3.05, 3.63) is 123 Å². The second-order valence-electron chi connectivity index (χ2n) is 15.0. The number of nitrogens with zero attached hydrogens (tertiary/aromatic N) is 3. The van der Waals surface area contributed by atoms with Gasteiger partial charge in [0, 0.05) is 31.9 Å². The molecule has 308 valence electrons. The molecule has 4 aliphatic rings. The van der Waals surface area contributed by atoms with Gasteiger partial charge >= 0.3 is 18.6 Å². The van der Waals surface area contributed by atoms with Crippen molar-refractivity contribution in [2.75, 3.05) is 32.5 Å². The predicted molar refractivity (Wildman–Crippen MR) is 212 cm³/mol. The molecule has 0 amide bonds. The number of hydrogen-bond acceptors (Lipinski definition) is 10. The summed E-state index contributed by atoms with van der Waals surface area (Å²) in [6.45, 7) is -0.576. The second-order valence-corrected chi connectivity index (χ2v) is 17.7. The third kappa shape index (κ3) is 10.4. The molecule has 0 spiro atoms. The number of rotatable bonds is 17. The van der Waals surface area contributed by atoms with Crippen LogP contribution in [0, 0.1) is 11.8 Å². The molecule has 0 N–H and O–H groups in total. The van der Waals surface area contributed by atoms with E-state index in [1.165, 1.54) is 42.7 Å². The molecule has 1 unspecified atom stereocenters. The van der Waals surface area contributed by atoms with Crippen LogP contribution in [0.3, 0.4) is 0 Å². The molecule has 11 nitrogen and oxygen atoms in total. The topological polar surface area (TPSA) is 125 Å². The van der Waals surface area contributed by atoms with Crippen molar-refractivity contribution in [1.29, 1.82) is 0 Å². The highest BCUT2D eigenvalue weighted by Gasteiger charge is 2.41. The molecule has 3 aliphatic heterocycles. The van der Waals surface area contributed by atoms with Crippen LogP contribution in [0.25, 0.3) is 0 Å². The summed E-state index contributed by atoms with van der Waals surface area (Å²) in [6.07, 6.45) is 6.13. The third-order valence-electron chi connectivity index (χ3n) is 10.7. The van der Waals surface area contributed by atoms with Gasteiger partial charge in [0.25, 0.3) is 0 Å². The summed E-state index contributed by atoms with van der Waals surface area (Å²) in [4.78, 5) is 34.4. The third-order valence-corrected chi connectivity index (χ3v) is 12.6. The van der Waals surface area contributed by atoms with E-state index in [2.05, 4.69) is 9.88 Å². The fourth-order valence-electron chi connectivity index (χ4n) is 7.46. The van der Waals surface area contributed by atoms with Gasteiger partial charge in [-0.25, -0.2) is 18.0 Å². The van der Waals surface area contributed by atoms with Crippen molar-refractivity contribution in [3.8, 4) is 11.5 Å². The highest BCUT2D eigenvalue weighted by molar-refractivity contribution is 7.88. The summed E-state index contributed by atoms with van der Waals surface area (Å²) in [5.74, 6) is -1.06. The number of ether oxygens (including phenoxy) is 4. The number of sulfonamides is 1. The molecule has 4 heterocycles. The number of esters is 2. The quantitative estimate of drug-likeness (QED) is 0.0964. The number of benzene rings is 3. The minimum absolute atomic E-state index is 0.0228. The second kappa shape index (κ2) is 18.3. The predicted octanol–water partition coefficient (Wildman–Crippen LogP) is 8.06. The summed E-state index contributed by atoms with van der Waals surface area (Å²) in [5.41, 5.74) is 1.74. The van der Waals surface area contributed by atoms with Gasteiger partial charge in [-0.15, -0.1) is 0 Å². The molecule has 58 heavy (non-hydrogen) atoms. The van der Waals surface area contributed by atoms with Crippen LogP contribution >= 0.6 is 23.2 Å². The minimum atomic E-state index is -4.05. The Morgan fingerprint density at radius 2 is 1.64 bits per heavy atom. The number of fused-ring (bicyclic) bond motifs is 3. The largest absolute Gasteiger partial charge is 0.489 e. The van der Waals surface area contributed by atoms with Crippen LogP contribution in [-0.2, 0) is 37.3 Å². The van der Waals surface area contributed by atoms with Gasteiger partial charge in [-0.3, -0.25) is 9.88 Å². The van der Waals surface area contributed by atoms with Crippen LogP contribution < -0.4 is 9.47 Å². The normalized spacial score (nSPS) is 20.1. The van der Waals surface area contributed by atoms with Crippen molar-refractivity contribution in [1.82, 2.24) is 14.2 Å². The Labute approximate surface area is 346 Å². The van der Waals surface area contributed by atoms with Gasteiger partial charge in [-0.2, -0.15) is 13.1 Å². The molecule has 3 aromatic carbocycles. The van der Waals surface area contributed by atoms with Gasteiger partial charge in [0.05, 0.1) is 28.5 Å². The molecule has 1 aromatic heterocycles. The lowest BCUT2D eigenvalue weighted by atomic mass is 9.86. The Balaban J connectivity index is 1.16. The molecular formula is C42H43Cl2F2N3O8S. The van der Waals surface area contributed by atoms with Crippen LogP contribution in [-0.4, -0.2) is 79.8 Å². The summed E-state index contributed by atoms with van der Waals surface area (Å²) in [6, 6.07) is 17.8. The lowest BCUT2D eigenvalue weighted by Gasteiger charge is -2.44. The van der Waals surface area contributed by atoms with Gasteiger partial charge in [0.15, 0.2) is 11.5 Å². The first-order valence-electron chi connectivity index (χ1n) is 19.1. The summed E-state index contributed by atoms with van der Waals surface area (Å²) >= 11 is 13.0. The molecule has 8 rings (SSSR count). The number of pyridine rings is 1. The number of hydrogen-bond donors (Lipinski definition) is 0. The van der Waals surface area contributed by atoms with Crippen LogP contribution in [0.15, 0.2) is 85.2 Å². The number of alkyl halides is 2. The first-order chi connectivity index (χ1) is 27.8. The molecule has 3 saturated heterocycles. The zero-order valence-electron chi connectivity index (χ0n) is 31.6. The highest BCUT2D eigenvalue weighted by atomic mass is 35.5. The number of halogens is 4. The fraction of sp³-hybridized carbons (Fsp3) is 0.405. The van der Waals surface area contributed by atoms with E-state index in [1.807, 2.05) is 0 Å². The number of piperidine rings is 3. The monoisotopic (exact) mass is 857 g/mol. The number of carbonyl (C=O) groups excluding carboxylic acids is 2. The summed E-state index contributed by atoms with van der Waals surface area (Å²) < 4.78 is 77.7. The maximum absolute atomic E-state index is 14.1. The fourth-order valence-corrected chi connectivity index (χ4v) is 8.95. The summed E-state index contributed by atoms with van der Waals surface area (Å²) in [5, 5.41) is 0.443. The van der Waals surface area contributed by atoms with E-state index in [9.17, 15) is 26.8 Å². The molecule has 1 aliphatic carbocycles. The molecule has 4 fully saturated rings. The first-order valence-corrected chi connectivity index (χ1v) is 21.7. The van der Waals surface area contributed by atoms with E-state index in [0.717, 1.165) is 49.3 Å². The van der Waals surface area contributed by atoms with Gasteiger partial charge in [-0.05, 0) is 97.1 Å².